The summed E-state index contributed by atoms with van der Waals surface area (Å²) in [6, 6.07) is 0. The molecule has 2 unspecified atom stereocenters. The third kappa shape index (κ3) is 3.50. The predicted octanol–water partition coefficient (Wildman–Crippen LogP) is 2.28. The molecule has 2 bridgehead atoms. The number of nitrogen functional groups attached to an aromatic ring is 1. The van der Waals surface area contributed by atoms with Crippen molar-refractivity contribution in [3.63, 3.8) is 0 Å². The third-order valence-electron chi connectivity index (χ3n) is 5.34. The molecule has 2 aliphatic heterocycles. The minimum atomic E-state index is 0.0952. The normalized spacial score (nSPS) is 21.8. The molecule has 152 valence electrons. The van der Waals surface area contributed by atoms with Gasteiger partial charge in [0.15, 0.2) is 5.65 Å². The van der Waals surface area contributed by atoms with E-state index in [0.29, 0.717) is 23.2 Å². The second-order valence-electron chi connectivity index (χ2n) is 9.17. The molecule has 0 aliphatic carbocycles. The van der Waals surface area contributed by atoms with Gasteiger partial charge in [-0.15, -0.1) is 0 Å². The van der Waals surface area contributed by atoms with Gasteiger partial charge < -0.3 is 19.9 Å². The molecule has 3 aromatic rings. The number of ether oxygens (including phenoxy) is 1. The molecule has 2 aliphatic rings. The molecular weight excluding hydrogens is 368 g/mol. The molecule has 5 rings (SSSR count). The van der Waals surface area contributed by atoms with E-state index in [2.05, 4.69) is 45.2 Å². The Balaban J connectivity index is 1.64. The maximum Gasteiger partial charge on any atom is 0.228 e. The van der Waals surface area contributed by atoms with Crippen LogP contribution in [0, 0.1) is 5.41 Å². The topological polar surface area (TPSA) is 108 Å². The zero-order chi connectivity index (χ0) is 20.2. The van der Waals surface area contributed by atoms with Crippen LogP contribution in [0.25, 0.3) is 22.6 Å². The molecule has 2 atom stereocenters. The summed E-state index contributed by atoms with van der Waals surface area (Å²) in [4.78, 5) is 25.3. The van der Waals surface area contributed by atoms with Gasteiger partial charge in [0, 0.05) is 19.6 Å². The number of hydrogen-bond donors (Lipinski definition) is 1. The Hall–Kier alpha value is -2.81. The van der Waals surface area contributed by atoms with E-state index in [9.17, 15) is 0 Å². The molecular formula is C20H26N8O. The molecule has 9 nitrogen and oxygen atoms in total. The quantitative estimate of drug-likeness (QED) is 0.721. The van der Waals surface area contributed by atoms with Crippen molar-refractivity contribution in [3.8, 4) is 11.4 Å². The number of morpholine rings is 1. The maximum atomic E-state index is 5.99. The van der Waals surface area contributed by atoms with Crippen molar-refractivity contribution in [2.24, 2.45) is 5.41 Å². The summed E-state index contributed by atoms with van der Waals surface area (Å²) in [6.45, 7) is 9.03. The predicted molar refractivity (Wildman–Crippen MR) is 110 cm³/mol. The first-order chi connectivity index (χ1) is 13.9. The SMILES string of the molecule is CC(C)(C)Cn1cnc2c(-c3cnc(N)cn3)nc(N3CC4CCC(C3)O4)nc21. The molecule has 0 radical (unpaired) electrons. The van der Waals surface area contributed by atoms with Gasteiger partial charge in [0.2, 0.25) is 5.95 Å². The van der Waals surface area contributed by atoms with Gasteiger partial charge in [-0.1, -0.05) is 20.8 Å². The summed E-state index contributed by atoms with van der Waals surface area (Å²) in [5.74, 6) is 1.07. The molecule has 0 aromatic carbocycles. The van der Waals surface area contributed by atoms with E-state index in [1.165, 1.54) is 0 Å². The van der Waals surface area contributed by atoms with Gasteiger partial charge in [-0.25, -0.2) is 19.9 Å². The van der Waals surface area contributed by atoms with E-state index < -0.39 is 0 Å². The van der Waals surface area contributed by atoms with Crippen molar-refractivity contribution < 1.29 is 4.74 Å². The number of imidazole rings is 1. The van der Waals surface area contributed by atoms with Crippen molar-refractivity contribution in [2.75, 3.05) is 23.7 Å². The smallest absolute Gasteiger partial charge is 0.228 e. The van der Waals surface area contributed by atoms with E-state index in [1.807, 2.05) is 6.33 Å². The zero-order valence-corrected chi connectivity index (χ0v) is 17.0. The van der Waals surface area contributed by atoms with E-state index in [1.54, 1.807) is 12.4 Å². The van der Waals surface area contributed by atoms with Crippen molar-refractivity contribution in [2.45, 2.75) is 52.4 Å². The summed E-state index contributed by atoms with van der Waals surface area (Å²) in [5.41, 5.74) is 8.70. The van der Waals surface area contributed by atoms with E-state index >= 15 is 0 Å². The molecule has 0 saturated carbocycles. The van der Waals surface area contributed by atoms with Crippen LogP contribution in [0.3, 0.4) is 0 Å². The number of hydrogen-bond acceptors (Lipinski definition) is 8. The van der Waals surface area contributed by atoms with Crippen LogP contribution in [-0.4, -0.2) is 54.8 Å². The monoisotopic (exact) mass is 394 g/mol. The molecule has 2 N–H and O–H groups in total. The Morgan fingerprint density at radius 1 is 1.07 bits per heavy atom. The van der Waals surface area contributed by atoms with E-state index in [0.717, 1.165) is 43.6 Å². The number of fused-ring (bicyclic) bond motifs is 3. The van der Waals surface area contributed by atoms with Crippen molar-refractivity contribution in [3.05, 3.63) is 18.7 Å². The Morgan fingerprint density at radius 2 is 1.83 bits per heavy atom. The fourth-order valence-electron chi connectivity index (χ4n) is 4.12. The van der Waals surface area contributed by atoms with Crippen LogP contribution in [0.1, 0.15) is 33.6 Å². The van der Waals surface area contributed by atoms with Crippen LogP contribution in [0.5, 0.6) is 0 Å². The van der Waals surface area contributed by atoms with Crippen LogP contribution in [0.4, 0.5) is 11.8 Å². The first kappa shape index (κ1) is 18.2. The standard InChI is InChI=1S/C20H26N8O/c1-20(2,3)10-28-11-24-17-16(14-6-23-15(21)7-22-14)25-19(26-18(17)28)27-8-12-4-5-13(9-27)29-12/h6-7,11-13H,4-5,8-10H2,1-3H3,(H2,21,23). The minimum absolute atomic E-state index is 0.0952. The summed E-state index contributed by atoms with van der Waals surface area (Å²) < 4.78 is 8.09. The Kier molecular flexibility index (Phi) is 4.16. The van der Waals surface area contributed by atoms with Crippen LogP contribution >= 0.6 is 0 Å². The maximum absolute atomic E-state index is 5.99. The fourth-order valence-corrected chi connectivity index (χ4v) is 4.12. The summed E-state index contributed by atoms with van der Waals surface area (Å²) >= 11 is 0. The number of aromatic nitrogens is 6. The number of rotatable bonds is 3. The molecule has 5 heterocycles. The second-order valence-corrected chi connectivity index (χ2v) is 9.17. The van der Waals surface area contributed by atoms with Gasteiger partial charge in [0.25, 0.3) is 0 Å². The highest BCUT2D eigenvalue weighted by atomic mass is 16.5. The molecule has 0 amide bonds. The van der Waals surface area contributed by atoms with Crippen LogP contribution in [-0.2, 0) is 11.3 Å². The molecule has 2 fully saturated rings. The van der Waals surface area contributed by atoms with Crippen LogP contribution in [0.2, 0.25) is 0 Å². The van der Waals surface area contributed by atoms with E-state index in [-0.39, 0.29) is 17.6 Å². The van der Waals surface area contributed by atoms with Crippen molar-refractivity contribution in [1.29, 1.82) is 0 Å². The number of anilines is 2. The summed E-state index contributed by atoms with van der Waals surface area (Å²) in [7, 11) is 0. The average Bonchev–Trinajstić information content (AvgIpc) is 3.23. The Bertz CT molecular complexity index is 1030. The third-order valence-corrected chi connectivity index (χ3v) is 5.34. The summed E-state index contributed by atoms with van der Waals surface area (Å²) in [6.07, 6.45) is 7.74. The van der Waals surface area contributed by atoms with Gasteiger partial charge in [-0.05, 0) is 18.3 Å². The molecule has 3 aromatic heterocycles. The van der Waals surface area contributed by atoms with Gasteiger partial charge in [-0.2, -0.15) is 4.98 Å². The lowest BCUT2D eigenvalue weighted by atomic mass is 9.97. The lowest BCUT2D eigenvalue weighted by molar-refractivity contribution is 0.0299. The van der Waals surface area contributed by atoms with Crippen LogP contribution < -0.4 is 10.6 Å². The van der Waals surface area contributed by atoms with Crippen molar-refractivity contribution >= 4 is 22.9 Å². The summed E-state index contributed by atoms with van der Waals surface area (Å²) in [5, 5.41) is 0. The highest BCUT2D eigenvalue weighted by molar-refractivity contribution is 5.87. The highest BCUT2D eigenvalue weighted by Crippen LogP contribution is 2.32. The lowest BCUT2D eigenvalue weighted by Gasteiger charge is -2.32. The van der Waals surface area contributed by atoms with E-state index in [4.69, 9.17) is 20.4 Å². The highest BCUT2D eigenvalue weighted by Gasteiger charge is 2.35. The molecule has 29 heavy (non-hydrogen) atoms. The largest absolute Gasteiger partial charge is 0.382 e. The number of nitrogens with two attached hydrogens (primary N) is 1. The zero-order valence-electron chi connectivity index (χ0n) is 17.0. The Labute approximate surface area is 169 Å². The van der Waals surface area contributed by atoms with Crippen LogP contribution in [0.15, 0.2) is 18.7 Å². The van der Waals surface area contributed by atoms with Gasteiger partial charge in [0.1, 0.15) is 22.7 Å². The average molecular weight is 394 g/mol. The van der Waals surface area contributed by atoms with Gasteiger partial charge in [0.05, 0.1) is 30.9 Å². The van der Waals surface area contributed by atoms with Gasteiger partial charge >= 0.3 is 0 Å². The first-order valence-corrected chi connectivity index (χ1v) is 10.1. The molecule has 9 heteroatoms. The molecule has 0 spiro atoms. The Morgan fingerprint density at radius 3 is 2.48 bits per heavy atom. The first-order valence-electron chi connectivity index (χ1n) is 10.1. The number of nitrogens with zero attached hydrogens (tertiary/aromatic N) is 7. The van der Waals surface area contributed by atoms with Crippen molar-refractivity contribution in [1.82, 2.24) is 29.5 Å². The molecule has 2 saturated heterocycles. The second kappa shape index (κ2) is 6.62. The minimum Gasteiger partial charge on any atom is -0.382 e. The fraction of sp³-hybridized carbons (Fsp3) is 0.550. The lowest BCUT2D eigenvalue weighted by Crippen LogP contribution is -2.43. The van der Waals surface area contributed by atoms with Gasteiger partial charge in [-0.3, -0.25) is 0 Å².